The molecule has 3 nitrogen and oxygen atoms in total. The number of hydrogen-bond donors (Lipinski definition) is 1. The highest BCUT2D eigenvalue weighted by atomic mass is 16.6. The maximum atomic E-state index is 5.20. The minimum atomic E-state index is 0.478. The molecule has 0 spiro atoms. The van der Waals surface area contributed by atoms with E-state index in [-0.39, 0.29) is 0 Å². The van der Waals surface area contributed by atoms with E-state index in [1.54, 1.807) is 6.92 Å². The first-order valence-corrected chi connectivity index (χ1v) is 4.19. The van der Waals surface area contributed by atoms with Crippen LogP contribution in [0.2, 0.25) is 0 Å². The van der Waals surface area contributed by atoms with Gasteiger partial charge in [0.15, 0.2) is 0 Å². The third-order valence-electron chi connectivity index (χ3n) is 0.798. The summed E-state index contributed by atoms with van der Waals surface area (Å²) in [5.74, 6) is 0.478. The van der Waals surface area contributed by atoms with Gasteiger partial charge in [0, 0.05) is 0 Å². The Labute approximate surface area is 69.6 Å². The fourth-order valence-corrected chi connectivity index (χ4v) is 0.356. The third-order valence-corrected chi connectivity index (χ3v) is 0.798. The predicted molar refractivity (Wildman–Crippen MR) is 49.5 cm³/mol. The molecule has 0 unspecified atom stereocenters. The molecular formula is C8H20N2O. The molecule has 0 bridgehead atoms. The number of unbranched alkanes of at least 4 members (excludes halogenated alkanes) is 1. The fourth-order valence-electron chi connectivity index (χ4n) is 0.356. The van der Waals surface area contributed by atoms with Crippen LogP contribution in [0.1, 0.15) is 40.5 Å². The van der Waals surface area contributed by atoms with Crippen LogP contribution < -0.4 is 5.73 Å². The van der Waals surface area contributed by atoms with Crippen molar-refractivity contribution in [2.45, 2.75) is 40.5 Å². The van der Waals surface area contributed by atoms with Gasteiger partial charge in [-0.15, -0.1) is 0 Å². The highest BCUT2D eigenvalue weighted by molar-refractivity contribution is 5.76. The van der Waals surface area contributed by atoms with Gasteiger partial charge in [-0.25, -0.2) is 0 Å². The molecule has 11 heavy (non-hydrogen) atoms. The Kier molecular flexibility index (Phi) is 14.1. The van der Waals surface area contributed by atoms with Crippen LogP contribution in [-0.4, -0.2) is 12.4 Å². The van der Waals surface area contributed by atoms with Crippen LogP contribution in [0.15, 0.2) is 5.16 Å². The second-order valence-corrected chi connectivity index (χ2v) is 1.92. The molecule has 0 aliphatic rings. The highest BCUT2D eigenvalue weighted by Crippen LogP contribution is 1.87. The molecule has 0 aliphatic heterocycles. The Balaban J connectivity index is 0. The van der Waals surface area contributed by atoms with Crippen LogP contribution in [0.5, 0.6) is 0 Å². The summed E-state index contributed by atoms with van der Waals surface area (Å²) >= 11 is 0. The van der Waals surface area contributed by atoms with Crippen LogP contribution in [0.3, 0.4) is 0 Å². The van der Waals surface area contributed by atoms with E-state index in [9.17, 15) is 0 Å². The molecule has 0 aromatic rings. The summed E-state index contributed by atoms with van der Waals surface area (Å²) in [7, 11) is 0. The molecule has 0 aromatic heterocycles. The first-order chi connectivity index (χ1) is 5.27. The van der Waals surface area contributed by atoms with E-state index in [4.69, 9.17) is 10.6 Å². The van der Waals surface area contributed by atoms with E-state index in [1.807, 2.05) is 13.8 Å². The Bertz CT molecular complexity index is 88.1. The van der Waals surface area contributed by atoms with Crippen molar-refractivity contribution in [3.05, 3.63) is 0 Å². The van der Waals surface area contributed by atoms with E-state index in [1.165, 1.54) is 0 Å². The lowest BCUT2D eigenvalue weighted by Crippen LogP contribution is -2.06. The summed E-state index contributed by atoms with van der Waals surface area (Å²) in [6.45, 7) is 8.47. The van der Waals surface area contributed by atoms with E-state index < -0.39 is 0 Å². The fraction of sp³-hybridized carbons (Fsp3) is 0.875. The van der Waals surface area contributed by atoms with Gasteiger partial charge >= 0.3 is 0 Å². The first kappa shape index (κ1) is 12.9. The zero-order valence-electron chi connectivity index (χ0n) is 8.05. The molecule has 0 heterocycles. The quantitative estimate of drug-likeness (QED) is 0.296. The number of rotatable bonds is 4. The number of hydrogen-bond acceptors (Lipinski definition) is 2. The summed E-state index contributed by atoms with van der Waals surface area (Å²) < 4.78 is 0. The smallest absolute Gasteiger partial charge is 0.136 e. The van der Waals surface area contributed by atoms with Crippen molar-refractivity contribution < 1.29 is 4.84 Å². The van der Waals surface area contributed by atoms with Gasteiger partial charge < -0.3 is 10.6 Å². The zero-order chi connectivity index (χ0) is 9.11. The van der Waals surface area contributed by atoms with Gasteiger partial charge in [-0.2, -0.15) is 0 Å². The number of nitrogens with two attached hydrogens (primary N) is 1. The van der Waals surface area contributed by atoms with E-state index >= 15 is 0 Å². The Morgan fingerprint density at radius 2 is 2.00 bits per heavy atom. The summed E-state index contributed by atoms with van der Waals surface area (Å²) in [5.41, 5.74) is 5.20. The summed E-state index contributed by atoms with van der Waals surface area (Å²) in [4.78, 5) is 4.80. The van der Waals surface area contributed by atoms with Gasteiger partial charge in [-0.05, 0) is 13.3 Å². The SMILES string of the molecule is CC.CCCCO/N=C(/C)N. The molecule has 0 radical (unpaired) electrons. The normalized spacial score (nSPS) is 10.0. The monoisotopic (exact) mass is 160 g/mol. The molecule has 0 amide bonds. The molecule has 0 saturated carbocycles. The average Bonchev–Trinajstić information content (AvgIpc) is 2.02. The Hall–Kier alpha value is -0.730. The van der Waals surface area contributed by atoms with Crippen molar-refractivity contribution in [2.75, 3.05) is 6.61 Å². The minimum absolute atomic E-state index is 0.478. The largest absolute Gasteiger partial charge is 0.394 e. The van der Waals surface area contributed by atoms with Crippen molar-refractivity contribution >= 4 is 5.84 Å². The van der Waals surface area contributed by atoms with Gasteiger partial charge in [0.2, 0.25) is 0 Å². The maximum absolute atomic E-state index is 5.20. The van der Waals surface area contributed by atoms with Crippen LogP contribution in [0.4, 0.5) is 0 Å². The van der Waals surface area contributed by atoms with Crippen molar-refractivity contribution in [3.63, 3.8) is 0 Å². The Morgan fingerprint density at radius 3 is 2.36 bits per heavy atom. The van der Waals surface area contributed by atoms with Gasteiger partial charge in [-0.1, -0.05) is 32.3 Å². The van der Waals surface area contributed by atoms with E-state index in [2.05, 4.69) is 12.1 Å². The van der Waals surface area contributed by atoms with Crippen LogP contribution in [0.25, 0.3) is 0 Å². The van der Waals surface area contributed by atoms with Crippen LogP contribution >= 0.6 is 0 Å². The molecule has 0 saturated heterocycles. The lowest BCUT2D eigenvalue weighted by Gasteiger charge is -1.95. The van der Waals surface area contributed by atoms with Crippen molar-refractivity contribution in [2.24, 2.45) is 10.9 Å². The van der Waals surface area contributed by atoms with Gasteiger partial charge in [0.05, 0.1) is 0 Å². The molecule has 0 aliphatic carbocycles. The van der Waals surface area contributed by atoms with Crippen molar-refractivity contribution in [1.29, 1.82) is 0 Å². The minimum Gasteiger partial charge on any atom is -0.394 e. The molecule has 2 N–H and O–H groups in total. The van der Waals surface area contributed by atoms with Crippen molar-refractivity contribution in [1.82, 2.24) is 0 Å². The van der Waals surface area contributed by atoms with Gasteiger partial charge in [0.1, 0.15) is 12.4 Å². The van der Waals surface area contributed by atoms with Crippen LogP contribution in [0, 0.1) is 0 Å². The first-order valence-electron chi connectivity index (χ1n) is 4.19. The average molecular weight is 160 g/mol. The van der Waals surface area contributed by atoms with E-state index in [0.717, 1.165) is 12.8 Å². The van der Waals surface area contributed by atoms with Crippen LogP contribution in [-0.2, 0) is 4.84 Å². The lowest BCUT2D eigenvalue weighted by molar-refractivity contribution is 0.140. The molecule has 68 valence electrons. The molecule has 0 rings (SSSR count). The molecule has 3 heteroatoms. The van der Waals surface area contributed by atoms with Crippen molar-refractivity contribution in [3.8, 4) is 0 Å². The zero-order valence-corrected chi connectivity index (χ0v) is 8.05. The number of nitrogens with zero attached hydrogens (tertiary/aromatic N) is 1. The number of amidine groups is 1. The van der Waals surface area contributed by atoms with Gasteiger partial charge in [-0.3, -0.25) is 0 Å². The predicted octanol–water partition coefficient (Wildman–Crippen LogP) is 2.12. The third kappa shape index (κ3) is 17.6. The summed E-state index contributed by atoms with van der Waals surface area (Å²) in [6, 6.07) is 0. The molecule has 0 atom stereocenters. The lowest BCUT2D eigenvalue weighted by atomic mass is 10.4. The highest BCUT2D eigenvalue weighted by Gasteiger charge is 1.81. The second kappa shape index (κ2) is 12.0. The van der Waals surface area contributed by atoms with Gasteiger partial charge in [0.25, 0.3) is 0 Å². The maximum Gasteiger partial charge on any atom is 0.136 e. The number of oxime groups is 1. The summed E-state index contributed by atoms with van der Waals surface area (Å²) in [5, 5.41) is 3.56. The Morgan fingerprint density at radius 1 is 1.45 bits per heavy atom. The second-order valence-electron chi connectivity index (χ2n) is 1.92. The standard InChI is InChI=1S/C6H14N2O.C2H6/c1-3-4-5-9-8-6(2)7;1-2/h3-5H2,1-2H3,(H2,7,8);1-2H3. The van der Waals surface area contributed by atoms with E-state index in [0.29, 0.717) is 12.4 Å². The molecule has 0 aromatic carbocycles. The summed E-state index contributed by atoms with van der Waals surface area (Å²) in [6.07, 6.45) is 2.16. The molecular weight excluding hydrogens is 140 g/mol. The topological polar surface area (TPSA) is 47.6 Å². The molecule has 0 fully saturated rings.